The molecule has 0 fully saturated rings. The van der Waals surface area contributed by atoms with Crippen LogP contribution in [0.3, 0.4) is 0 Å². The van der Waals surface area contributed by atoms with Gasteiger partial charge in [0, 0.05) is 0 Å². The van der Waals surface area contributed by atoms with E-state index in [1.165, 1.54) is 6.39 Å². The SMILES string of the molecule is Cc1nnc2ncoc2n1. The maximum absolute atomic E-state index is 4.87. The van der Waals surface area contributed by atoms with Crippen LogP contribution < -0.4 is 0 Å². The van der Waals surface area contributed by atoms with Crippen LogP contribution in [0.25, 0.3) is 11.4 Å². The van der Waals surface area contributed by atoms with Gasteiger partial charge in [0.05, 0.1) is 0 Å². The molecule has 0 aliphatic rings. The lowest BCUT2D eigenvalue weighted by molar-refractivity contribution is 0.587. The van der Waals surface area contributed by atoms with Gasteiger partial charge in [-0.15, -0.1) is 10.2 Å². The number of aromatic nitrogens is 4. The summed E-state index contributed by atoms with van der Waals surface area (Å²) in [4.78, 5) is 7.69. The lowest BCUT2D eigenvalue weighted by Gasteiger charge is -1.84. The van der Waals surface area contributed by atoms with E-state index in [1.54, 1.807) is 6.92 Å². The summed E-state index contributed by atoms with van der Waals surface area (Å²) < 4.78 is 4.87. The molecule has 2 heterocycles. The molecule has 50 valence electrons. The minimum absolute atomic E-state index is 0.438. The van der Waals surface area contributed by atoms with E-state index in [1.807, 2.05) is 0 Å². The largest absolute Gasteiger partial charge is 0.424 e. The molecule has 2 aromatic rings. The summed E-state index contributed by atoms with van der Waals surface area (Å²) in [6.45, 7) is 1.74. The molecule has 0 radical (unpaired) electrons. The number of nitrogens with zero attached hydrogens (tertiary/aromatic N) is 4. The summed E-state index contributed by atoms with van der Waals surface area (Å²) in [5.41, 5.74) is 0.887. The summed E-state index contributed by atoms with van der Waals surface area (Å²) in [6.07, 6.45) is 1.30. The fourth-order valence-electron chi connectivity index (χ4n) is 0.668. The highest BCUT2D eigenvalue weighted by Gasteiger charge is 2.00. The topological polar surface area (TPSA) is 64.7 Å². The Kier molecular flexibility index (Phi) is 0.913. The lowest BCUT2D eigenvalue weighted by Crippen LogP contribution is -1.90. The molecule has 0 unspecified atom stereocenters. The second-order valence-corrected chi connectivity index (χ2v) is 1.84. The molecule has 0 aliphatic heterocycles. The molecule has 0 aromatic carbocycles. The third-order valence-corrected chi connectivity index (χ3v) is 1.08. The zero-order valence-electron chi connectivity index (χ0n) is 5.27. The van der Waals surface area contributed by atoms with Gasteiger partial charge in [0.2, 0.25) is 5.65 Å². The molecular weight excluding hydrogens is 132 g/mol. The molecule has 2 aromatic heterocycles. The fourth-order valence-corrected chi connectivity index (χ4v) is 0.668. The van der Waals surface area contributed by atoms with Gasteiger partial charge in [0.1, 0.15) is 0 Å². The van der Waals surface area contributed by atoms with Gasteiger partial charge in [0.15, 0.2) is 12.2 Å². The van der Waals surface area contributed by atoms with E-state index < -0.39 is 0 Å². The summed E-state index contributed by atoms with van der Waals surface area (Å²) in [6, 6.07) is 0. The van der Waals surface area contributed by atoms with Gasteiger partial charge in [-0.05, 0) is 6.92 Å². The van der Waals surface area contributed by atoms with Gasteiger partial charge in [-0.3, -0.25) is 0 Å². The van der Waals surface area contributed by atoms with Gasteiger partial charge in [-0.1, -0.05) is 0 Å². The zero-order chi connectivity index (χ0) is 6.97. The Morgan fingerprint density at radius 2 is 2.30 bits per heavy atom. The van der Waals surface area contributed by atoms with Crippen LogP contribution in [0.5, 0.6) is 0 Å². The average molecular weight is 136 g/mol. The van der Waals surface area contributed by atoms with Crippen LogP contribution in [-0.4, -0.2) is 20.2 Å². The van der Waals surface area contributed by atoms with Gasteiger partial charge < -0.3 is 4.42 Å². The number of oxazole rings is 1. The van der Waals surface area contributed by atoms with E-state index in [-0.39, 0.29) is 0 Å². The van der Waals surface area contributed by atoms with Crippen molar-refractivity contribution in [3.63, 3.8) is 0 Å². The number of rotatable bonds is 0. The van der Waals surface area contributed by atoms with E-state index in [4.69, 9.17) is 4.42 Å². The van der Waals surface area contributed by atoms with Crippen LogP contribution in [-0.2, 0) is 0 Å². The first kappa shape index (κ1) is 5.28. The summed E-state index contributed by atoms with van der Waals surface area (Å²) >= 11 is 0. The van der Waals surface area contributed by atoms with Crippen molar-refractivity contribution in [1.29, 1.82) is 0 Å². The normalized spacial score (nSPS) is 10.5. The van der Waals surface area contributed by atoms with Gasteiger partial charge >= 0.3 is 0 Å². The van der Waals surface area contributed by atoms with Gasteiger partial charge in [-0.2, -0.15) is 9.97 Å². The lowest BCUT2D eigenvalue weighted by atomic mass is 10.7. The summed E-state index contributed by atoms with van der Waals surface area (Å²) in [5.74, 6) is 0.587. The van der Waals surface area contributed by atoms with Crippen molar-refractivity contribution in [2.24, 2.45) is 0 Å². The Morgan fingerprint density at radius 3 is 3.20 bits per heavy atom. The Labute approximate surface area is 56.1 Å². The van der Waals surface area contributed by atoms with Gasteiger partial charge in [-0.25, -0.2) is 0 Å². The molecule has 5 heteroatoms. The van der Waals surface area contributed by atoms with Crippen LogP contribution >= 0.6 is 0 Å². The molecule has 0 spiro atoms. The molecule has 10 heavy (non-hydrogen) atoms. The first-order valence-corrected chi connectivity index (χ1v) is 2.77. The first-order chi connectivity index (χ1) is 4.86. The quantitative estimate of drug-likeness (QED) is 0.521. The van der Waals surface area contributed by atoms with Crippen molar-refractivity contribution in [3.8, 4) is 0 Å². The number of hydrogen-bond donors (Lipinski definition) is 0. The van der Waals surface area contributed by atoms with Gasteiger partial charge in [0.25, 0.3) is 5.71 Å². The maximum atomic E-state index is 4.87. The highest BCUT2D eigenvalue weighted by molar-refractivity contribution is 5.59. The second kappa shape index (κ2) is 1.73. The molecule has 0 aliphatic carbocycles. The van der Waals surface area contributed by atoms with Crippen molar-refractivity contribution in [1.82, 2.24) is 20.2 Å². The summed E-state index contributed by atoms with van der Waals surface area (Å²) in [5, 5.41) is 7.42. The number of aryl methyl sites for hydroxylation is 1. The van der Waals surface area contributed by atoms with Crippen LogP contribution in [0.1, 0.15) is 5.82 Å². The van der Waals surface area contributed by atoms with E-state index in [0.29, 0.717) is 17.2 Å². The van der Waals surface area contributed by atoms with Crippen LogP contribution in [0.4, 0.5) is 0 Å². The molecule has 0 amide bonds. The summed E-state index contributed by atoms with van der Waals surface area (Å²) in [7, 11) is 0. The minimum Gasteiger partial charge on any atom is -0.424 e. The maximum Gasteiger partial charge on any atom is 0.270 e. The zero-order valence-corrected chi connectivity index (χ0v) is 5.27. The van der Waals surface area contributed by atoms with Crippen LogP contribution in [0.2, 0.25) is 0 Å². The highest BCUT2D eigenvalue weighted by Crippen LogP contribution is 2.02. The Morgan fingerprint density at radius 1 is 1.40 bits per heavy atom. The van der Waals surface area contributed by atoms with Crippen molar-refractivity contribution >= 4 is 11.4 Å². The molecule has 0 N–H and O–H groups in total. The monoisotopic (exact) mass is 136 g/mol. The number of hydrogen-bond acceptors (Lipinski definition) is 5. The minimum atomic E-state index is 0.438. The molecule has 0 saturated carbocycles. The van der Waals surface area contributed by atoms with Crippen LogP contribution in [0.15, 0.2) is 10.8 Å². The van der Waals surface area contributed by atoms with Crippen molar-refractivity contribution in [2.45, 2.75) is 6.92 Å². The molecule has 0 bridgehead atoms. The van der Waals surface area contributed by atoms with E-state index in [2.05, 4.69) is 20.2 Å². The molecule has 0 saturated heterocycles. The standard InChI is InChI=1S/C5H4N4O/c1-3-7-5-4(9-8-3)6-2-10-5/h2H,1H3. The predicted molar refractivity (Wildman–Crippen MR) is 32.1 cm³/mol. The second-order valence-electron chi connectivity index (χ2n) is 1.84. The van der Waals surface area contributed by atoms with E-state index >= 15 is 0 Å². The highest BCUT2D eigenvalue weighted by atomic mass is 16.3. The Hall–Kier alpha value is -1.52. The third kappa shape index (κ3) is 0.637. The molecular formula is C5H4N4O. The smallest absolute Gasteiger partial charge is 0.270 e. The molecule has 0 atom stereocenters. The molecule has 2 rings (SSSR count). The third-order valence-electron chi connectivity index (χ3n) is 1.08. The Balaban J connectivity index is 2.86. The van der Waals surface area contributed by atoms with Crippen molar-refractivity contribution in [2.75, 3.05) is 0 Å². The predicted octanol–water partition coefficient (Wildman–Crippen LogP) is 0.321. The molecule has 5 nitrogen and oxygen atoms in total. The van der Waals surface area contributed by atoms with Crippen molar-refractivity contribution in [3.05, 3.63) is 12.2 Å². The van der Waals surface area contributed by atoms with E-state index in [9.17, 15) is 0 Å². The average Bonchev–Trinajstić information content (AvgIpc) is 2.33. The Bertz CT molecular complexity index is 355. The van der Waals surface area contributed by atoms with Crippen molar-refractivity contribution < 1.29 is 4.42 Å². The first-order valence-electron chi connectivity index (χ1n) is 2.77. The fraction of sp³-hybridized carbons (Fsp3) is 0.200. The van der Waals surface area contributed by atoms with Crippen LogP contribution in [0, 0.1) is 6.92 Å². The van der Waals surface area contributed by atoms with E-state index in [0.717, 1.165) is 0 Å². The number of fused-ring (bicyclic) bond motifs is 1.